The summed E-state index contributed by atoms with van der Waals surface area (Å²) in [5, 5.41) is 8.32. The molecule has 0 fully saturated rings. The van der Waals surface area contributed by atoms with Crippen LogP contribution in [0.2, 0.25) is 0 Å². The summed E-state index contributed by atoms with van der Waals surface area (Å²) in [6.07, 6.45) is 2.23. The smallest absolute Gasteiger partial charge is 0.303 e. The molecule has 5 heteroatoms. The first-order chi connectivity index (χ1) is 6.13. The topological polar surface area (TPSA) is 80.4 Å². The van der Waals surface area contributed by atoms with E-state index in [9.17, 15) is 9.59 Å². The van der Waals surface area contributed by atoms with Gasteiger partial charge in [-0.3, -0.25) is 9.59 Å². The number of hydrogen-bond acceptors (Lipinski definition) is 3. The third-order valence-electron chi connectivity index (χ3n) is 1.42. The van der Waals surface area contributed by atoms with Gasteiger partial charge in [-0.1, -0.05) is 0 Å². The Morgan fingerprint density at radius 2 is 1.85 bits per heavy atom. The van der Waals surface area contributed by atoms with Crippen LogP contribution in [0, 0.1) is 0 Å². The fourth-order valence-corrected chi connectivity index (χ4v) is 1.71. The van der Waals surface area contributed by atoms with Crippen molar-refractivity contribution in [3.63, 3.8) is 0 Å². The van der Waals surface area contributed by atoms with E-state index in [2.05, 4.69) is 0 Å². The molecule has 0 atom stereocenters. The molecule has 76 valence electrons. The maximum Gasteiger partial charge on any atom is 0.303 e. The van der Waals surface area contributed by atoms with Crippen molar-refractivity contribution < 1.29 is 14.7 Å². The van der Waals surface area contributed by atoms with Crippen molar-refractivity contribution in [3.8, 4) is 0 Å². The molecule has 0 rings (SSSR count). The first-order valence-electron chi connectivity index (χ1n) is 4.20. The zero-order valence-electron chi connectivity index (χ0n) is 7.49. The Balaban J connectivity index is 3.00. The molecule has 1 amide bonds. The summed E-state index contributed by atoms with van der Waals surface area (Å²) in [7, 11) is 0. The van der Waals surface area contributed by atoms with Gasteiger partial charge in [-0.15, -0.1) is 0 Å². The number of hydrogen-bond donors (Lipinski definition) is 2. The zero-order chi connectivity index (χ0) is 10.1. The Morgan fingerprint density at radius 3 is 2.38 bits per heavy atom. The lowest BCUT2D eigenvalue weighted by Gasteiger charge is -1.98. The van der Waals surface area contributed by atoms with E-state index in [1.165, 1.54) is 0 Å². The molecule has 0 aromatic heterocycles. The average Bonchev–Trinajstić information content (AvgIpc) is 2.01. The normalized spacial score (nSPS) is 9.85. The van der Waals surface area contributed by atoms with Gasteiger partial charge in [-0.05, 0) is 18.6 Å². The van der Waals surface area contributed by atoms with E-state index in [4.69, 9.17) is 10.8 Å². The number of carbonyl (C=O) groups excluding carboxylic acids is 1. The number of carboxylic acids is 1. The highest BCUT2D eigenvalue weighted by atomic mass is 32.2. The second kappa shape index (κ2) is 7.91. The van der Waals surface area contributed by atoms with Gasteiger partial charge in [0.05, 0.1) is 0 Å². The fourth-order valence-electron chi connectivity index (χ4n) is 0.755. The molecular formula is C8H15NO3S. The second-order valence-corrected chi connectivity index (χ2v) is 3.90. The number of carboxylic acid groups (broad SMARTS) is 1. The number of aliphatic carboxylic acids is 1. The van der Waals surface area contributed by atoms with Crippen LogP contribution in [-0.4, -0.2) is 28.5 Å². The van der Waals surface area contributed by atoms with Gasteiger partial charge >= 0.3 is 5.97 Å². The van der Waals surface area contributed by atoms with Gasteiger partial charge in [-0.25, -0.2) is 0 Å². The maximum atomic E-state index is 10.3. The van der Waals surface area contributed by atoms with Gasteiger partial charge < -0.3 is 10.8 Å². The molecule has 0 bridgehead atoms. The minimum atomic E-state index is -0.748. The molecule has 3 N–H and O–H groups in total. The number of carbonyl (C=O) groups is 2. The van der Waals surface area contributed by atoms with Crippen molar-refractivity contribution in [2.24, 2.45) is 5.73 Å². The third-order valence-corrected chi connectivity index (χ3v) is 2.49. The average molecular weight is 205 g/mol. The van der Waals surface area contributed by atoms with Crippen LogP contribution in [0.5, 0.6) is 0 Å². The largest absolute Gasteiger partial charge is 0.481 e. The van der Waals surface area contributed by atoms with Gasteiger partial charge in [0.2, 0.25) is 5.91 Å². The van der Waals surface area contributed by atoms with Crippen molar-refractivity contribution in [1.82, 2.24) is 0 Å². The molecule has 0 radical (unpaired) electrons. The number of rotatable bonds is 8. The van der Waals surface area contributed by atoms with Crippen LogP contribution in [0.4, 0.5) is 0 Å². The molecule has 0 aromatic rings. The van der Waals surface area contributed by atoms with Crippen molar-refractivity contribution >= 4 is 23.6 Å². The third kappa shape index (κ3) is 11.3. The SMILES string of the molecule is NC(=O)CCSCCCCC(=O)O. The van der Waals surface area contributed by atoms with Gasteiger partial charge in [0.25, 0.3) is 0 Å². The summed E-state index contributed by atoms with van der Waals surface area (Å²) < 4.78 is 0. The van der Waals surface area contributed by atoms with Gasteiger partial charge in [-0.2, -0.15) is 11.8 Å². The molecule has 0 aromatic carbocycles. The van der Waals surface area contributed by atoms with E-state index in [0.717, 1.165) is 17.9 Å². The van der Waals surface area contributed by atoms with E-state index in [-0.39, 0.29) is 12.3 Å². The highest BCUT2D eigenvalue weighted by Gasteiger charge is 1.97. The quantitative estimate of drug-likeness (QED) is 0.576. The molecule has 0 spiro atoms. The van der Waals surface area contributed by atoms with E-state index in [0.29, 0.717) is 12.8 Å². The van der Waals surface area contributed by atoms with Crippen LogP contribution in [-0.2, 0) is 9.59 Å². The summed E-state index contributed by atoms with van der Waals surface area (Å²) in [5.41, 5.74) is 4.94. The summed E-state index contributed by atoms with van der Waals surface area (Å²) in [6, 6.07) is 0. The van der Waals surface area contributed by atoms with Crippen molar-refractivity contribution in [3.05, 3.63) is 0 Å². The number of nitrogens with two attached hydrogens (primary N) is 1. The highest BCUT2D eigenvalue weighted by Crippen LogP contribution is 2.07. The summed E-state index contributed by atoms with van der Waals surface area (Å²) >= 11 is 1.64. The van der Waals surface area contributed by atoms with Gasteiger partial charge in [0.1, 0.15) is 0 Å². The predicted octanol–water partition coefficient (Wildman–Crippen LogP) is 0.850. The fraction of sp³-hybridized carbons (Fsp3) is 0.750. The Labute approximate surface area is 81.9 Å². The van der Waals surface area contributed by atoms with Crippen molar-refractivity contribution in [2.75, 3.05) is 11.5 Å². The second-order valence-electron chi connectivity index (χ2n) is 2.68. The number of primary amides is 1. The molecule has 0 aliphatic carbocycles. The van der Waals surface area contributed by atoms with Crippen LogP contribution >= 0.6 is 11.8 Å². The summed E-state index contributed by atoms with van der Waals surface area (Å²) in [5.74, 6) is 0.614. The lowest BCUT2D eigenvalue weighted by atomic mass is 10.3. The van der Waals surface area contributed by atoms with Crippen molar-refractivity contribution in [2.45, 2.75) is 25.7 Å². The molecule has 0 saturated carbocycles. The molecule has 0 saturated heterocycles. The lowest BCUT2D eigenvalue weighted by molar-refractivity contribution is -0.137. The van der Waals surface area contributed by atoms with Crippen molar-refractivity contribution in [1.29, 1.82) is 0 Å². The van der Waals surface area contributed by atoms with Crippen LogP contribution < -0.4 is 5.73 Å². The van der Waals surface area contributed by atoms with Gasteiger partial charge in [0, 0.05) is 18.6 Å². The number of unbranched alkanes of at least 4 members (excludes halogenated alkanes) is 1. The minimum Gasteiger partial charge on any atom is -0.481 e. The minimum absolute atomic E-state index is 0.233. The molecule has 13 heavy (non-hydrogen) atoms. The van der Waals surface area contributed by atoms with Crippen LogP contribution in [0.25, 0.3) is 0 Å². The molecule has 0 heterocycles. The first-order valence-corrected chi connectivity index (χ1v) is 5.36. The Morgan fingerprint density at radius 1 is 1.15 bits per heavy atom. The number of thioether (sulfide) groups is 1. The van der Waals surface area contributed by atoms with E-state index >= 15 is 0 Å². The first kappa shape index (κ1) is 12.3. The zero-order valence-corrected chi connectivity index (χ0v) is 8.31. The molecule has 0 aliphatic heterocycles. The highest BCUT2D eigenvalue weighted by molar-refractivity contribution is 7.99. The predicted molar refractivity (Wildman–Crippen MR) is 52.6 cm³/mol. The molecule has 4 nitrogen and oxygen atoms in total. The van der Waals surface area contributed by atoms with Crippen LogP contribution in [0.1, 0.15) is 25.7 Å². The Bertz CT molecular complexity index is 155. The van der Waals surface area contributed by atoms with Gasteiger partial charge in [0.15, 0.2) is 0 Å². The van der Waals surface area contributed by atoms with E-state index < -0.39 is 5.97 Å². The number of amides is 1. The standard InChI is InChI=1S/C8H15NO3S/c9-7(10)4-6-13-5-2-1-3-8(11)12/h1-6H2,(H2,9,10)(H,11,12). The Hall–Kier alpha value is -0.710. The van der Waals surface area contributed by atoms with E-state index in [1.807, 2.05) is 0 Å². The molecule has 0 aliphatic rings. The summed E-state index contributed by atoms with van der Waals surface area (Å²) in [6.45, 7) is 0. The molecular weight excluding hydrogens is 190 g/mol. The van der Waals surface area contributed by atoms with Crippen LogP contribution in [0.3, 0.4) is 0 Å². The maximum absolute atomic E-state index is 10.3. The monoisotopic (exact) mass is 205 g/mol. The lowest BCUT2D eigenvalue weighted by Crippen LogP contribution is -2.11. The molecule has 0 unspecified atom stereocenters. The summed E-state index contributed by atoms with van der Waals surface area (Å²) in [4.78, 5) is 20.4. The van der Waals surface area contributed by atoms with Crippen LogP contribution in [0.15, 0.2) is 0 Å². The Kier molecular flexibility index (Phi) is 7.48. The van der Waals surface area contributed by atoms with E-state index in [1.54, 1.807) is 11.8 Å².